The minimum absolute atomic E-state index is 0.0708. The van der Waals surface area contributed by atoms with Gasteiger partial charge in [-0.2, -0.15) is 0 Å². The molecule has 7 heteroatoms. The van der Waals surface area contributed by atoms with Crippen LogP contribution < -0.4 is 14.4 Å². The van der Waals surface area contributed by atoms with Crippen LogP contribution in [0.25, 0.3) is 11.0 Å². The molecule has 1 fully saturated rings. The predicted octanol–water partition coefficient (Wildman–Crippen LogP) is 4.31. The van der Waals surface area contributed by atoms with Crippen LogP contribution >= 0.6 is 0 Å². The Morgan fingerprint density at radius 1 is 1.03 bits per heavy atom. The summed E-state index contributed by atoms with van der Waals surface area (Å²) in [6.45, 7) is 2.99. The molecule has 7 nitrogen and oxygen atoms in total. The lowest BCUT2D eigenvalue weighted by atomic mass is 10.1. The van der Waals surface area contributed by atoms with Crippen LogP contribution in [0.3, 0.4) is 0 Å². The van der Waals surface area contributed by atoms with E-state index in [2.05, 4.69) is 0 Å². The van der Waals surface area contributed by atoms with Crippen molar-refractivity contribution in [1.82, 2.24) is 9.55 Å². The maximum Gasteiger partial charge on any atom is 0.227 e. The van der Waals surface area contributed by atoms with E-state index in [0.29, 0.717) is 31.0 Å². The summed E-state index contributed by atoms with van der Waals surface area (Å²) < 4.78 is 13.2. The third-order valence-corrected chi connectivity index (χ3v) is 6.41. The summed E-state index contributed by atoms with van der Waals surface area (Å²) in [7, 11) is 1.59. The summed E-state index contributed by atoms with van der Waals surface area (Å²) in [5.41, 5.74) is 3.83. The van der Waals surface area contributed by atoms with Crippen molar-refractivity contribution in [2.24, 2.45) is 0 Å². The molecule has 0 radical (unpaired) electrons. The molecule has 2 atom stereocenters. The van der Waals surface area contributed by atoms with E-state index in [0.717, 1.165) is 28.1 Å². The van der Waals surface area contributed by atoms with Crippen molar-refractivity contribution in [3.63, 3.8) is 0 Å². The lowest BCUT2D eigenvalue weighted by molar-refractivity contribution is -0.117. The fourth-order valence-electron chi connectivity index (χ4n) is 4.64. The number of aliphatic hydroxyl groups is 1. The molecule has 0 bridgehead atoms. The van der Waals surface area contributed by atoms with Crippen LogP contribution in [-0.2, 0) is 11.3 Å². The Labute approximate surface area is 204 Å². The number of rotatable bonds is 8. The third-order valence-electron chi connectivity index (χ3n) is 6.41. The molecule has 5 rings (SSSR count). The van der Waals surface area contributed by atoms with Crippen LogP contribution in [0, 0.1) is 6.92 Å². The highest BCUT2D eigenvalue weighted by molar-refractivity contribution is 5.96. The molecule has 1 aliphatic rings. The average molecular weight is 472 g/mol. The lowest BCUT2D eigenvalue weighted by Gasteiger charge is -2.19. The number of anilines is 1. The fourth-order valence-corrected chi connectivity index (χ4v) is 4.64. The lowest BCUT2D eigenvalue weighted by Crippen LogP contribution is -2.26. The first-order valence-corrected chi connectivity index (χ1v) is 11.8. The SMILES string of the molecule is COc1ccccc1OC[C@@H](O)Cn1c([C@@H]2CC(=O)N(c3ccc(C)cc3)C2)nc2ccccc21. The van der Waals surface area contributed by atoms with Gasteiger partial charge in [0.25, 0.3) is 0 Å². The van der Waals surface area contributed by atoms with Gasteiger partial charge in [-0.1, -0.05) is 42.0 Å². The Kier molecular flexibility index (Phi) is 6.42. The van der Waals surface area contributed by atoms with Crippen molar-refractivity contribution in [2.75, 3.05) is 25.2 Å². The standard InChI is InChI=1S/C28H29N3O4/c1-19-11-13-21(14-12-19)30-16-20(15-27(30)33)28-29-23-7-3-4-8-24(23)31(28)17-22(32)18-35-26-10-6-5-9-25(26)34-2/h3-14,20,22,32H,15-18H2,1-2H3/t20-,22+/m1/s1. The molecule has 1 aromatic heterocycles. The molecule has 0 aliphatic carbocycles. The van der Waals surface area contributed by atoms with Gasteiger partial charge in [-0.15, -0.1) is 0 Å². The number of amides is 1. The first-order valence-electron chi connectivity index (χ1n) is 11.8. The van der Waals surface area contributed by atoms with Crippen LogP contribution in [-0.4, -0.2) is 46.9 Å². The minimum Gasteiger partial charge on any atom is -0.493 e. The van der Waals surface area contributed by atoms with Gasteiger partial charge in [0.05, 0.1) is 24.7 Å². The van der Waals surface area contributed by atoms with Gasteiger partial charge in [0, 0.05) is 24.6 Å². The molecule has 0 saturated carbocycles. The Balaban J connectivity index is 1.37. The summed E-state index contributed by atoms with van der Waals surface area (Å²) in [6, 6.07) is 23.2. The summed E-state index contributed by atoms with van der Waals surface area (Å²) in [5, 5.41) is 10.9. The molecule has 1 amide bonds. The normalized spacial score (nSPS) is 16.6. The highest BCUT2D eigenvalue weighted by atomic mass is 16.5. The van der Waals surface area contributed by atoms with Crippen molar-refractivity contribution >= 4 is 22.6 Å². The molecule has 180 valence electrons. The van der Waals surface area contributed by atoms with Crippen LogP contribution in [0.5, 0.6) is 11.5 Å². The zero-order valence-corrected chi connectivity index (χ0v) is 19.9. The van der Waals surface area contributed by atoms with E-state index in [1.807, 2.05) is 89.2 Å². The zero-order valence-electron chi connectivity index (χ0n) is 19.9. The number of methoxy groups -OCH3 is 1. The Bertz CT molecular complexity index is 1330. The number of ether oxygens (including phenoxy) is 2. The second-order valence-corrected chi connectivity index (χ2v) is 8.93. The van der Waals surface area contributed by atoms with Crippen molar-refractivity contribution in [1.29, 1.82) is 0 Å². The molecular formula is C28H29N3O4. The van der Waals surface area contributed by atoms with Crippen LogP contribution in [0.2, 0.25) is 0 Å². The van der Waals surface area contributed by atoms with E-state index in [4.69, 9.17) is 14.5 Å². The first kappa shape index (κ1) is 22.9. The highest BCUT2D eigenvalue weighted by Crippen LogP contribution is 2.33. The number of aliphatic hydroxyl groups excluding tert-OH is 1. The van der Waals surface area contributed by atoms with E-state index in [-0.39, 0.29) is 18.4 Å². The summed E-state index contributed by atoms with van der Waals surface area (Å²) in [4.78, 5) is 19.6. The molecule has 1 N–H and O–H groups in total. The number of nitrogens with zero attached hydrogens (tertiary/aromatic N) is 3. The number of carbonyl (C=O) groups is 1. The van der Waals surface area contributed by atoms with Gasteiger partial charge in [-0.25, -0.2) is 4.98 Å². The smallest absolute Gasteiger partial charge is 0.227 e. The maximum atomic E-state index is 12.9. The number of benzene rings is 3. The van der Waals surface area contributed by atoms with Crippen LogP contribution in [0.1, 0.15) is 23.7 Å². The number of para-hydroxylation sites is 4. The van der Waals surface area contributed by atoms with E-state index in [1.54, 1.807) is 7.11 Å². The number of carbonyl (C=O) groups excluding carboxylic acids is 1. The molecular weight excluding hydrogens is 442 g/mol. The summed E-state index contributed by atoms with van der Waals surface area (Å²) >= 11 is 0. The average Bonchev–Trinajstić information content (AvgIpc) is 3.44. The Hall–Kier alpha value is -3.84. The van der Waals surface area contributed by atoms with Crippen molar-refractivity contribution in [3.8, 4) is 11.5 Å². The van der Waals surface area contributed by atoms with Gasteiger partial charge < -0.3 is 24.0 Å². The molecule has 0 unspecified atom stereocenters. The summed E-state index contributed by atoms with van der Waals surface area (Å²) in [6.07, 6.45) is -0.396. The molecule has 1 saturated heterocycles. The number of fused-ring (bicyclic) bond motifs is 1. The van der Waals surface area contributed by atoms with Gasteiger partial charge >= 0.3 is 0 Å². The summed E-state index contributed by atoms with van der Waals surface area (Å²) in [5.74, 6) is 2.02. The topological polar surface area (TPSA) is 76.8 Å². The minimum atomic E-state index is -0.776. The number of aryl methyl sites for hydroxylation is 1. The fraction of sp³-hybridized carbons (Fsp3) is 0.286. The molecule has 4 aromatic rings. The monoisotopic (exact) mass is 471 g/mol. The zero-order chi connectivity index (χ0) is 24.4. The van der Waals surface area contributed by atoms with Crippen LogP contribution in [0.4, 0.5) is 5.69 Å². The van der Waals surface area contributed by atoms with E-state index >= 15 is 0 Å². The number of aromatic nitrogens is 2. The molecule has 3 aromatic carbocycles. The first-order chi connectivity index (χ1) is 17.0. The van der Waals surface area contributed by atoms with Crippen molar-refractivity contribution < 1.29 is 19.4 Å². The second kappa shape index (κ2) is 9.80. The van der Waals surface area contributed by atoms with Crippen LogP contribution in [0.15, 0.2) is 72.8 Å². The largest absolute Gasteiger partial charge is 0.493 e. The molecule has 35 heavy (non-hydrogen) atoms. The molecule has 1 aliphatic heterocycles. The van der Waals surface area contributed by atoms with Gasteiger partial charge in [0.2, 0.25) is 5.91 Å². The predicted molar refractivity (Wildman–Crippen MR) is 135 cm³/mol. The quantitative estimate of drug-likeness (QED) is 0.414. The third kappa shape index (κ3) is 4.72. The van der Waals surface area contributed by atoms with E-state index in [1.165, 1.54) is 0 Å². The van der Waals surface area contributed by atoms with E-state index < -0.39 is 6.10 Å². The van der Waals surface area contributed by atoms with E-state index in [9.17, 15) is 9.90 Å². The van der Waals surface area contributed by atoms with Gasteiger partial charge in [0.1, 0.15) is 18.5 Å². The second-order valence-electron chi connectivity index (χ2n) is 8.93. The number of hydrogen-bond acceptors (Lipinski definition) is 5. The van der Waals surface area contributed by atoms with Crippen molar-refractivity contribution in [3.05, 3.63) is 84.2 Å². The van der Waals surface area contributed by atoms with Crippen molar-refractivity contribution in [2.45, 2.75) is 31.9 Å². The Morgan fingerprint density at radius 2 is 1.74 bits per heavy atom. The number of imidazole rings is 1. The van der Waals surface area contributed by atoms with Gasteiger partial charge in [-0.05, 0) is 43.3 Å². The highest BCUT2D eigenvalue weighted by Gasteiger charge is 2.35. The maximum absolute atomic E-state index is 12.9. The molecule has 0 spiro atoms. The number of hydrogen-bond donors (Lipinski definition) is 1. The Morgan fingerprint density at radius 3 is 2.51 bits per heavy atom. The van der Waals surface area contributed by atoms with Gasteiger partial charge in [0.15, 0.2) is 11.5 Å². The molecule has 2 heterocycles. The van der Waals surface area contributed by atoms with Gasteiger partial charge in [-0.3, -0.25) is 4.79 Å².